The lowest BCUT2D eigenvalue weighted by atomic mass is 10.0. The fraction of sp³-hybridized carbons (Fsp3) is 0.429. The monoisotopic (exact) mass is 249 g/mol. The van der Waals surface area contributed by atoms with Gasteiger partial charge in [0.15, 0.2) is 0 Å². The molecule has 98 valence electrons. The quantitative estimate of drug-likeness (QED) is 0.862. The van der Waals surface area contributed by atoms with Crippen molar-refractivity contribution in [1.82, 2.24) is 0 Å². The molecule has 1 aromatic carbocycles. The normalized spacial score (nSPS) is 12.0. The Morgan fingerprint density at radius 1 is 1.22 bits per heavy atom. The fourth-order valence-corrected chi connectivity index (χ4v) is 1.98. The van der Waals surface area contributed by atoms with Gasteiger partial charge in [0.1, 0.15) is 0 Å². The molecule has 0 aliphatic carbocycles. The number of carboxylic acid groups (broad SMARTS) is 1. The van der Waals surface area contributed by atoms with E-state index in [0.29, 0.717) is 0 Å². The molecule has 2 N–H and O–H groups in total. The van der Waals surface area contributed by atoms with Gasteiger partial charge in [0.25, 0.3) is 0 Å². The molecule has 4 nitrogen and oxygen atoms in total. The molecule has 0 aromatic heterocycles. The maximum absolute atomic E-state index is 11.9. The van der Waals surface area contributed by atoms with Crippen molar-refractivity contribution in [3.8, 4) is 0 Å². The summed E-state index contributed by atoms with van der Waals surface area (Å²) in [5, 5.41) is 11.5. The molecule has 18 heavy (non-hydrogen) atoms. The highest BCUT2D eigenvalue weighted by Crippen LogP contribution is 2.22. The molecule has 1 amide bonds. The highest BCUT2D eigenvalue weighted by Gasteiger charge is 2.17. The third-order valence-corrected chi connectivity index (χ3v) is 2.85. The highest BCUT2D eigenvalue weighted by molar-refractivity contribution is 5.95. The van der Waals surface area contributed by atoms with Gasteiger partial charge in [-0.25, -0.2) is 0 Å². The molecule has 1 atom stereocenters. The van der Waals surface area contributed by atoms with E-state index in [2.05, 4.69) is 5.32 Å². The number of hydrogen-bond donors (Lipinski definition) is 2. The molecule has 0 spiro atoms. The Morgan fingerprint density at radius 2 is 1.72 bits per heavy atom. The van der Waals surface area contributed by atoms with Gasteiger partial charge in [-0.2, -0.15) is 0 Å². The zero-order chi connectivity index (χ0) is 13.9. The summed E-state index contributed by atoms with van der Waals surface area (Å²) in [6, 6.07) is 3.98. The molecule has 4 heteroatoms. The maximum atomic E-state index is 11.9. The lowest BCUT2D eigenvalue weighted by Gasteiger charge is -2.15. The average molecular weight is 249 g/mol. The first-order valence-corrected chi connectivity index (χ1v) is 5.91. The average Bonchev–Trinajstić information content (AvgIpc) is 2.21. The summed E-state index contributed by atoms with van der Waals surface area (Å²) in [7, 11) is 0. The molecule has 1 aromatic rings. The Balaban J connectivity index is 2.85. The molecule has 0 bridgehead atoms. The summed E-state index contributed by atoms with van der Waals surface area (Å²) in [4.78, 5) is 22.4. The van der Waals surface area contributed by atoms with Crippen molar-refractivity contribution in [1.29, 1.82) is 0 Å². The van der Waals surface area contributed by atoms with Crippen LogP contribution in [-0.4, -0.2) is 17.0 Å². The molecule has 0 fully saturated rings. The molecule has 0 aliphatic rings. The van der Waals surface area contributed by atoms with Crippen LogP contribution in [0.5, 0.6) is 0 Å². The first-order chi connectivity index (χ1) is 8.31. The second kappa shape index (κ2) is 5.67. The van der Waals surface area contributed by atoms with Crippen molar-refractivity contribution in [2.45, 2.75) is 34.1 Å². The zero-order valence-electron chi connectivity index (χ0n) is 11.2. The molecule has 1 rings (SSSR count). The highest BCUT2D eigenvalue weighted by atomic mass is 16.4. The predicted molar refractivity (Wildman–Crippen MR) is 70.7 cm³/mol. The van der Waals surface area contributed by atoms with Crippen molar-refractivity contribution in [3.63, 3.8) is 0 Å². The van der Waals surface area contributed by atoms with Crippen LogP contribution >= 0.6 is 0 Å². The largest absolute Gasteiger partial charge is 0.481 e. The van der Waals surface area contributed by atoms with Crippen LogP contribution in [-0.2, 0) is 9.59 Å². The summed E-state index contributed by atoms with van der Waals surface area (Å²) in [5.41, 5.74) is 3.90. The minimum absolute atomic E-state index is 0.157. The van der Waals surface area contributed by atoms with Gasteiger partial charge in [-0.05, 0) is 31.9 Å². The van der Waals surface area contributed by atoms with E-state index in [0.717, 1.165) is 22.4 Å². The van der Waals surface area contributed by atoms with Gasteiger partial charge in [-0.3, -0.25) is 9.59 Å². The minimum Gasteiger partial charge on any atom is -0.481 e. The number of aryl methyl sites for hydroxylation is 3. The topological polar surface area (TPSA) is 66.4 Å². The van der Waals surface area contributed by atoms with Gasteiger partial charge >= 0.3 is 5.97 Å². The van der Waals surface area contributed by atoms with E-state index < -0.39 is 11.9 Å². The van der Waals surface area contributed by atoms with E-state index in [1.807, 2.05) is 32.9 Å². The van der Waals surface area contributed by atoms with Crippen LogP contribution in [0.3, 0.4) is 0 Å². The third-order valence-electron chi connectivity index (χ3n) is 2.85. The van der Waals surface area contributed by atoms with E-state index in [-0.39, 0.29) is 12.3 Å². The number of rotatable bonds is 4. The Labute approximate surface area is 107 Å². The number of hydrogen-bond acceptors (Lipinski definition) is 2. The lowest BCUT2D eigenvalue weighted by molar-refractivity contribution is -0.139. The predicted octanol–water partition coefficient (Wildman–Crippen LogP) is 2.66. The van der Waals surface area contributed by atoms with Gasteiger partial charge < -0.3 is 10.4 Å². The first-order valence-electron chi connectivity index (χ1n) is 5.91. The SMILES string of the molecule is Cc1cc(C)c(NC(=O)C(C)CC(=O)O)c(C)c1. The summed E-state index contributed by atoms with van der Waals surface area (Å²) in [6.45, 7) is 7.47. The van der Waals surface area contributed by atoms with Crippen LogP contribution in [0.25, 0.3) is 0 Å². The zero-order valence-corrected chi connectivity index (χ0v) is 11.2. The molecule has 0 radical (unpaired) electrons. The molecule has 0 saturated carbocycles. The van der Waals surface area contributed by atoms with Gasteiger partial charge in [0.05, 0.1) is 6.42 Å². The number of nitrogens with one attached hydrogen (secondary N) is 1. The van der Waals surface area contributed by atoms with Crippen LogP contribution in [0.4, 0.5) is 5.69 Å². The molecular weight excluding hydrogens is 230 g/mol. The maximum Gasteiger partial charge on any atom is 0.304 e. The Bertz CT molecular complexity index is 457. The number of benzene rings is 1. The molecular formula is C14H19NO3. The number of carbonyl (C=O) groups is 2. The molecule has 0 saturated heterocycles. The second-order valence-corrected chi connectivity index (χ2v) is 4.76. The summed E-state index contributed by atoms with van der Waals surface area (Å²) in [6.07, 6.45) is -0.157. The molecule has 0 heterocycles. The van der Waals surface area contributed by atoms with Crippen LogP contribution in [0.1, 0.15) is 30.0 Å². The van der Waals surface area contributed by atoms with E-state index in [1.54, 1.807) is 6.92 Å². The Hall–Kier alpha value is -1.84. The van der Waals surface area contributed by atoms with Crippen molar-refractivity contribution in [3.05, 3.63) is 28.8 Å². The Kier molecular flexibility index (Phi) is 4.48. The van der Waals surface area contributed by atoms with Crippen LogP contribution < -0.4 is 5.32 Å². The van der Waals surface area contributed by atoms with Crippen molar-refractivity contribution < 1.29 is 14.7 Å². The molecule has 0 aliphatic heterocycles. The van der Waals surface area contributed by atoms with Crippen LogP contribution in [0.2, 0.25) is 0 Å². The number of carbonyl (C=O) groups excluding carboxylic acids is 1. The van der Waals surface area contributed by atoms with Gasteiger partial charge in [-0.1, -0.05) is 24.6 Å². The van der Waals surface area contributed by atoms with E-state index >= 15 is 0 Å². The number of anilines is 1. The van der Waals surface area contributed by atoms with Gasteiger partial charge in [-0.15, -0.1) is 0 Å². The van der Waals surface area contributed by atoms with E-state index in [4.69, 9.17) is 5.11 Å². The number of aliphatic carboxylic acids is 1. The standard InChI is InChI=1S/C14H19NO3/c1-8-5-9(2)13(10(3)6-8)15-14(18)11(4)7-12(16)17/h5-6,11H,7H2,1-4H3,(H,15,18)(H,16,17). The minimum atomic E-state index is -0.963. The third kappa shape index (κ3) is 3.58. The van der Waals surface area contributed by atoms with Crippen LogP contribution in [0.15, 0.2) is 12.1 Å². The van der Waals surface area contributed by atoms with Crippen molar-refractivity contribution in [2.75, 3.05) is 5.32 Å². The van der Waals surface area contributed by atoms with E-state index in [9.17, 15) is 9.59 Å². The summed E-state index contributed by atoms with van der Waals surface area (Å²) < 4.78 is 0. The second-order valence-electron chi connectivity index (χ2n) is 4.76. The van der Waals surface area contributed by atoms with Crippen molar-refractivity contribution >= 4 is 17.6 Å². The van der Waals surface area contributed by atoms with Gasteiger partial charge in [0, 0.05) is 11.6 Å². The summed E-state index contributed by atoms with van der Waals surface area (Å²) in [5.74, 6) is -1.76. The first kappa shape index (κ1) is 14.2. The Morgan fingerprint density at radius 3 is 2.17 bits per heavy atom. The van der Waals surface area contributed by atoms with Gasteiger partial charge in [0.2, 0.25) is 5.91 Å². The van der Waals surface area contributed by atoms with E-state index in [1.165, 1.54) is 0 Å². The number of amides is 1. The fourth-order valence-electron chi connectivity index (χ4n) is 1.98. The lowest BCUT2D eigenvalue weighted by Crippen LogP contribution is -2.23. The van der Waals surface area contributed by atoms with Crippen LogP contribution in [0, 0.1) is 26.7 Å². The van der Waals surface area contributed by atoms with Crippen molar-refractivity contribution in [2.24, 2.45) is 5.92 Å². The number of carboxylic acids is 1. The smallest absolute Gasteiger partial charge is 0.304 e. The summed E-state index contributed by atoms with van der Waals surface area (Å²) >= 11 is 0. The molecule has 1 unspecified atom stereocenters.